The first kappa shape index (κ1) is 19.9. The number of rotatable bonds is 9. The van der Waals surface area contributed by atoms with Gasteiger partial charge in [0, 0.05) is 6.42 Å². The van der Waals surface area contributed by atoms with E-state index in [2.05, 4.69) is 0 Å². The second-order valence-electron chi connectivity index (χ2n) is 5.44. The molecule has 0 heterocycles. The molecular formula is C13H26ClO5P. The van der Waals surface area contributed by atoms with Crippen molar-refractivity contribution < 1.29 is 23.1 Å². The molecule has 0 aliphatic carbocycles. The Labute approximate surface area is 126 Å². The smallest absolute Gasteiger partial charge is 0.332 e. The molecule has 0 rings (SSSR count). The van der Waals surface area contributed by atoms with Gasteiger partial charge in [-0.15, -0.1) is 0 Å². The molecule has 0 saturated carbocycles. The van der Waals surface area contributed by atoms with E-state index in [9.17, 15) is 9.36 Å². The van der Waals surface area contributed by atoms with Crippen LogP contribution in [0.3, 0.4) is 0 Å². The lowest BCUT2D eigenvalue weighted by Crippen LogP contribution is -2.23. The van der Waals surface area contributed by atoms with Crippen molar-refractivity contribution in [2.24, 2.45) is 0 Å². The maximum Gasteiger partial charge on any atom is 0.332 e. The highest BCUT2D eigenvalue weighted by atomic mass is 35.5. The van der Waals surface area contributed by atoms with Crippen LogP contribution in [0, 0.1) is 0 Å². The summed E-state index contributed by atoms with van der Waals surface area (Å²) in [5, 5.41) is 0. The van der Waals surface area contributed by atoms with E-state index in [-0.39, 0.29) is 12.1 Å². The Balaban J connectivity index is 4.07. The van der Waals surface area contributed by atoms with Crippen molar-refractivity contribution in [1.82, 2.24) is 0 Å². The number of esters is 1. The average molecular weight is 329 g/mol. The third-order valence-corrected chi connectivity index (χ3v) is 4.48. The van der Waals surface area contributed by atoms with Crippen LogP contribution in [0.1, 0.15) is 53.9 Å². The molecule has 2 unspecified atom stereocenters. The van der Waals surface area contributed by atoms with E-state index in [1.54, 1.807) is 13.8 Å². The molecule has 0 amide bonds. The average Bonchev–Trinajstić information content (AvgIpc) is 2.21. The summed E-state index contributed by atoms with van der Waals surface area (Å²) in [5.74, 6) is -0.254. The van der Waals surface area contributed by atoms with E-state index in [4.69, 9.17) is 25.4 Å². The molecule has 2 atom stereocenters. The van der Waals surface area contributed by atoms with Crippen LogP contribution in [0.15, 0.2) is 0 Å². The molecule has 20 heavy (non-hydrogen) atoms. The number of alkyl halides is 1. The molecule has 0 spiro atoms. The summed E-state index contributed by atoms with van der Waals surface area (Å²) in [6.45, 7) is 9.11. The summed E-state index contributed by atoms with van der Waals surface area (Å²) in [7, 11) is -3.16. The van der Waals surface area contributed by atoms with Gasteiger partial charge in [-0.25, -0.2) is 0 Å². The molecule has 0 bridgehead atoms. The summed E-state index contributed by atoms with van der Waals surface area (Å²) in [6.07, 6.45) is 1.67. The molecule has 0 aromatic carbocycles. The van der Waals surface area contributed by atoms with Crippen LogP contribution in [0.2, 0.25) is 0 Å². The Morgan fingerprint density at radius 1 is 1.30 bits per heavy atom. The van der Waals surface area contributed by atoms with Crippen molar-refractivity contribution in [1.29, 1.82) is 0 Å². The predicted octanol–water partition coefficient (Wildman–Crippen LogP) is 4.33. The van der Waals surface area contributed by atoms with Gasteiger partial charge in [0.2, 0.25) is 0 Å². The van der Waals surface area contributed by atoms with Gasteiger partial charge in [-0.2, -0.15) is 0 Å². The Morgan fingerprint density at radius 3 is 2.35 bits per heavy atom. The van der Waals surface area contributed by atoms with E-state index < -0.39 is 18.8 Å². The number of hydrogen-bond acceptors (Lipinski definition) is 5. The fourth-order valence-electron chi connectivity index (χ4n) is 1.53. The molecule has 0 N–H and O–H groups in total. The second kappa shape index (κ2) is 9.04. The molecule has 0 aromatic heterocycles. The van der Waals surface area contributed by atoms with Gasteiger partial charge in [0.15, 0.2) is 0 Å². The minimum absolute atomic E-state index is 0.251. The van der Waals surface area contributed by atoms with Crippen molar-refractivity contribution in [2.75, 3.05) is 12.8 Å². The molecule has 0 aromatic rings. The summed E-state index contributed by atoms with van der Waals surface area (Å²) in [5.41, 5.74) is -1.15. The molecule has 0 saturated heterocycles. The number of carbonyl (C=O) groups is 1. The van der Waals surface area contributed by atoms with Gasteiger partial charge in [0.05, 0.1) is 12.8 Å². The van der Waals surface area contributed by atoms with Crippen molar-refractivity contribution in [2.45, 2.75) is 65.0 Å². The topological polar surface area (TPSA) is 61.8 Å². The maximum atomic E-state index is 12.3. The number of hydrogen-bond donors (Lipinski definition) is 0. The lowest BCUT2D eigenvalue weighted by atomic mass is 10.2. The van der Waals surface area contributed by atoms with Crippen LogP contribution < -0.4 is 0 Å². The fraction of sp³-hybridized carbons (Fsp3) is 0.923. The second-order valence-corrected chi connectivity index (χ2v) is 8.20. The van der Waals surface area contributed by atoms with Gasteiger partial charge >= 0.3 is 13.6 Å². The zero-order valence-corrected chi connectivity index (χ0v) is 14.6. The highest BCUT2D eigenvalue weighted by Gasteiger charge is 2.26. The minimum atomic E-state index is -3.16. The third kappa shape index (κ3) is 10.7. The van der Waals surface area contributed by atoms with E-state index in [0.29, 0.717) is 25.9 Å². The third-order valence-electron chi connectivity index (χ3n) is 2.11. The van der Waals surface area contributed by atoms with E-state index in [1.807, 2.05) is 20.8 Å². The van der Waals surface area contributed by atoms with Crippen molar-refractivity contribution >= 4 is 25.2 Å². The molecule has 7 heteroatoms. The van der Waals surface area contributed by atoms with E-state index in [0.717, 1.165) is 0 Å². The van der Waals surface area contributed by atoms with Crippen LogP contribution in [0.5, 0.6) is 0 Å². The van der Waals surface area contributed by atoms with Crippen molar-refractivity contribution in [3.8, 4) is 0 Å². The molecule has 5 nitrogen and oxygen atoms in total. The number of unbranched alkanes of at least 4 members (excludes halogenated alkanes) is 1. The summed E-state index contributed by atoms with van der Waals surface area (Å²) >= 11 is 5.69. The first-order valence-electron chi connectivity index (χ1n) is 6.86. The SMILES string of the molecule is CCOP(=O)(CCCCC(=O)OC(C)(C)C)OC(C)Cl. The lowest BCUT2D eigenvalue weighted by Gasteiger charge is -2.20. The predicted molar refractivity (Wildman–Crippen MR) is 80.2 cm³/mol. The molecular weight excluding hydrogens is 303 g/mol. The number of halogens is 1. The van der Waals surface area contributed by atoms with Crippen LogP contribution in [-0.4, -0.2) is 29.9 Å². The van der Waals surface area contributed by atoms with Gasteiger partial charge < -0.3 is 9.26 Å². The number of carbonyl (C=O) groups excluding carboxylic acids is 1. The van der Waals surface area contributed by atoms with Crippen molar-refractivity contribution in [3.63, 3.8) is 0 Å². The monoisotopic (exact) mass is 328 g/mol. The largest absolute Gasteiger partial charge is 0.460 e. The molecule has 120 valence electrons. The summed E-state index contributed by atoms with van der Waals surface area (Å²) in [6, 6.07) is 0. The van der Waals surface area contributed by atoms with Crippen LogP contribution >= 0.6 is 19.2 Å². The highest BCUT2D eigenvalue weighted by molar-refractivity contribution is 7.53. The van der Waals surface area contributed by atoms with Gasteiger partial charge in [-0.3, -0.25) is 13.9 Å². The first-order chi connectivity index (χ1) is 9.08. The van der Waals surface area contributed by atoms with Gasteiger partial charge in [-0.1, -0.05) is 11.6 Å². The normalized spacial score (nSPS) is 16.5. The molecule has 0 aliphatic rings. The molecule has 0 aliphatic heterocycles. The van der Waals surface area contributed by atoms with E-state index in [1.165, 1.54) is 0 Å². The molecule has 0 fully saturated rings. The van der Waals surface area contributed by atoms with Crippen molar-refractivity contribution in [3.05, 3.63) is 0 Å². The Bertz CT molecular complexity index is 338. The van der Waals surface area contributed by atoms with Crippen LogP contribution in [0.4, 0.5) is 0 Å². The highest BCUT2D eigenvalue weighted by Crippen LogP contribution is 2.50. The van der Waals surface area contributed by atoms with Gasteiger partial charge in [-0.05, 0) is 47.5 Å². The zero-order chi connectivity index (χ0) is 15.8. The first-order valence-corrected chi connectivity index (χ1v) is 9.02. The molecule has 0 radical (unpaired) electrons. The minimum Gasteiger partial charge on any atom is -0.460 e. The quantitative estimate of drug-likeness (QED) is 0.273. The summed E-state index contributed by atoms with van der Waals surface area (Å²) in [4.78, 5) is 11.5. The Hall–Kier alpha value is -0.0900. The Kier molecular flexibility index (Phi) is 8.99. The fourth-order valence-corrected chi connectivity index (χ4v) is 3.64. The van der Waals surface area contributed by atoms with Crippen LogP contribution in [-0.2, 0) is 23.1 Å². The standard InChI is InChI=1S/C13H26ClO5P/c1-6-17-20(16,19-11(2)14)10-8-7-9-12(15)18-13(3,4)5/h11H,6-10H2,1-5H3. The zero-order valence-electron chi connectivity index (χ0n) is 13.0. The maximum absolute atomic E-state index is 12.3. The summed E-state index contributed by atoms with van der Waals surface area (Å²) < 4.78 is 27.8. The lowest BCUT2D eigenvalue weighted by molar-refractivity contribution is -0.154. The van der Waals surface area contributed by atoms with Gasteiger partial charge in [0.25, 0.3) is 0 Å². The van der Waals surface area contributed by atoms with E-state index >= 15 is 0 Å². The van der Waals surface area contributed by atoms with Gasteiger partial charge in [0.1, 0.15) is 11.2 Å². The van der Waals surface area contributed by atoms with Crippen LogP contribution in [0.25, 0.3) is 0 Å². The number of ether oxygens (including phenoxy) is 1. The Morgan fingerprint density at radius 2 is 1.90 bits per heavy atom.